The fourth-order valence-corrected chi connectivity index (χ4v) is 4.86. The third kappa shape index (κ3) is 3.82. The van der Waals surface area contributed by atoms with E-state index >= 15 is 0 Å². The molecule has 0 spiro atoms. The number of nitrogens with zero attached hydrogens (tertiary/aromatic N) is 2. The maximum absolute atomic E-state index is 11.3. The molecule has 2 aromatic rings. The van der Waals surface area contributed by atoms with Crippen molar-refractivity contribution in [2.75, 3.05) is 11.6 Å². The van der Waals surface area contributed by atoms with Crippen molar-refractivity contribution in [1.29, 1.82) is 0 Å². The lowest BCUT2D eigenvalue weighted by Gasteiger charge is -2.21. The molecule has 0 aliphatic rings. The summed E-state index contributed by atoms with van der Waals surface area (Å²) in [5.41, 5.74) is -2.35. The highest BCUT2D eigenvalue weighted by molar-refractivity contribution is 7.98. The monoisotopic (exact) mass is 371 g/mol. The molecular formula is C8H11N3O6P2S2. The van der Waals surface area contributed by atoms with Crippen molar-refractivity contribution < 1.29 is 28.7 Å². The zero-order valence-corrected chi connectivity index (χ0v) is 13.9. The highest BCUT2D eigenvalue weighted by atomic mass is 32.2. The molecule has 0 aliphatic carbocycles. The van der Waals surface area contributed by atoms with Crippen LogP contribution in [-0.2, 0) is 9.13 Å². The zero-order valence-electron chi connectivity index (χ0n) is 10.4. The molecule has 0 amide bonds. The molecule has 0 saturated carbocycles. The van der Waals surface area contributed by atoms with E-state index in [1.165, 1.54) is 23.1 Å². The lowest BCUT2D eigenvalue weighted by Crippen LogP contribution is -2.21. The highest BCUT2D eigenvalue weighted by Crippen LogP contribution is 2.59. The molecule has 116 valence electrons. The Balaban J connectivity index is 2.53. The quantitative estimate of drug-likeness (QED) is 0.296. The molecule has 0 radical (unpaired) electrons. The van der Waals surface area contributed by atoms with Gasteiger partial charge >= 0.3 is 15.2 Å². The molecule has 0 aliphatic heterocycles. The first kappa shape index (κ1) is 16.9. The van der Waals surface area contributed by atoms with Gasteiger partial charge in [-0.25, -0.2) is 9.97 Å². The van der Waals surface area contributed by atoms with Crippen molar-refractivity contribution in [2.45, 2.75) is 10.7 Å². The Hall–Kier alpha value is -0.510. The number of hydrogen-bond donors (Lipinski definition) is 5. The summed E-state index contributed by atoms with van der Waals surface area (Å²) in [6.07, 6.45) is 1.71. The van der Waals surface area contributed by atoms with E-state index in [-0.39, 0.29) is 5.82 Å². The number of fused-ring (bicyclic) bond motifs is 1. The number of aromatic nitrogens is 2. The van der Waals surface area contributed by atoms with Crippen LogP contribution >= 0.6 is 38.3 Å². The third-order valence-corrected chi connectivity index (χ3v) is 7.08. The summed E-state index contributed by atoms with van der Waals surface area (Å²) in [7, 11) is -10.2. The second-order valence-corrected chi connectivity index (χ2v) is 9.36. The van der Waals surface area contributed by atoms with Gasteiger partial charge in [-0.15, -0.1) is 11.3 Å². The predicted molar refractivity (Wildman–Crippen MR) is 80.7 cm³/mol. The molecule has 0 fully saturated rings. The number of hydrogen-bond acceptors (Lipinski definition) is 7. The van der Waals surface area contributed by atoms with Gasteiger partial charge < -0.3 is 24.9 Å². The summed E-state index contributed by atoms with van der Waals surface area (Å²) >= 11 is 2.48. The van der Waals surface area contributed by atoms with E-state index < -0.39 is 20.7 Å². The number of thiophene rings is 1. The normalized spacial score (nSPS) is 13.0. The van der Waals surface area contributed by atoms with Crippen LogP contribution in [0.3, 0.4) is 0 Å². The van der Waals surface area contributed by atoms with Crippen LogP contribution in [0.2, 0.25) is 0 Å². The van der Waals surface area contributed by atoms with Crippen molar-refractivity contribution in [2.24, 2.45) is 0 Å². The SMILES string of the molecule is CSc1nc(NC(P(=O)(O)O)P(=O)(O)O)c2ccsc2n1. The molecule has 0 saturated heterocycles. The van der Waals surface area contributed by atoms with Gasteiger partial charge in [0.2, 0.25) is 5.52 Å². The van der Waals surface area contributed by atoms with E-state index in [4.69, 9.17) is 19.6 Å². The fraction of sp³-hybridized carbons (Fsp3) is 0.250. The van der Waals surface area contributed by atoms with Crippen LogP contribution in [0.15, 0.2) is 16.6 Å². The van der Waals surface area contributed by atoms with Crippen LogP contribution in [-0.4, -0.2) is 41.3 Å². The van der Waals surface area contributed by atoms with Crippen LogP contribution in [0.25, 0.3) is 10.2 Å². The lowest BCUT2D eigenvalue weighted by molar-refractivity contribution is 0.343. The van der Waals surface area contributed by atoms with Gasteiger partial charge in [0, 0.05) is 0 Å². The van der Waals surface area contributed by atoms with E-state index in [1.807, 2.05) is 0 Å². The van der Waals surface area contributed by atoms with E-state index in [0.29, 0.717) is 15.4 Å². The highest BCUT2D eigenvalue weighted by Gasteiger charge is 2.44. The molecule has 5 N–H and O–H groups in total. The number of nitrogens with one attached hydrogen (secondary N) is 1. The van der Waals surface area contributed by atoms with Crippen molar-refractivity contribution >= 4 is 54.3 Å². The standard InChI is InChI=1S/C8H11N3O6P2S2/c1-20-7-9-5(4-2-3-21-6(4)11-7)10-8(18(12,13)14)19(15,16)17/h2-3,8H,1H3,(H,9,10,11)(H2,12,13,14)(H2,15,16,17). The third-order valence-electron chi connectivity index (χ3n) is 2.39. The number of thioether (sulfide) groups is 1. The summed E-state index contributed by atoms with van der Waals surface area (Å²) in [6, 6.07) is 1.60. The minimum Gasteiger partial charge on any atom is -0.346 e. The molecule has 2 heterocycles. The van der Waals surface area contributed by atoms with Crippen molar-refractivity contribution in [1.82, 2.24) is 9.97 Å². The summed E-state index contributed by atoms with van der Waals surface area (Å²) < 4.78 is 22.6. The van der Waals surface area contributed by atoms with Crippen molar-refractivity contribution in [3.63, 3.8) is 0 Å². The molecule has 0 atom stereocenters. The molecule has 0 unspecified atom stereocenters. The summed E-state index contributed by atoms with van der Waals surface area (Å²) in [5.74, 6) is -0.0257. The topological polar surface area (TPSA) is 153 Å². The minimum atomic E-state index is -5.08. The van der Waals surface area contributed by atoms with Gasteiger partial charge in [-0.05, 0) is 17.7 Å². The molecular weight excluding hydrogens is 360 g/mol. The molecule has 0 aromatic carbocycles. The number of rotatable bonds is 5. The van der Waals surface area contributed by atoms with Gasteiger partial charge in [-0.3, -0.25) is 9.13 Å². The smallest absolute Gasteiger partial charge is 0.346 e. The Labute approximate surface area is 127 Å². The summed E-state index contributed by atoms with van der Waals surface area (Å²) in [5, 5.41) is 4.63. The lowest BCUT2D eigenvalue weighted by atomic mass is 10.4. The Bertz CT molecular complexity index is 734. The fourth-order valence-electron chi connectivity index (χ4n) is 1.52. The largest absolute Gasteiger partial charge is 0.360 e. The first-order valence-corrected chi connectivity index (χ1v) is 10.8. The average molecular weight is 371 g/mol. The van der Waals surface area contributed by atoms with Crippen molar-refractivity contribution in [3.8, 4) is 0 Å². The number of anilines is 1. The summed E-state index contributed by atoms with van der Waals surface area (Å²) in [4.78, 5) is 45.3. The van der Waals surface area contributed by atoms with Crippen LogP contribution in [0, 0.1) is 0 Å². The second kappa shape index (κ2) is 5.94. The minimum absolute atomic E-state index is 0.0257. The van der Waals surface area contributed by atoms with Gasteiger partial charge in [0.15, 0.2) is 5.16 Å². The first-order valence-electron chi connectivity index (χ1n) is 5.29. The average Bonchev–Trinajstić information content (AvgIpc) is 2.80. The first-order chi connectivity index (χ1) is 9.63. The molecule has 2 rings (SSSR count). The molecule has 21 heavy (non-hydrogen) atoms. The van der Waals surface area contributed by atoms with Gasteiger partial charge in [0.05, 0.1) is 5.39 Å². The van der Waals surface area contributed by atoms with Crippen LogP contribution < -0.4 is 5.32 Å². The van der Waals surface area contributed by atoms with Gasteiger partial charge in [-0.1, -0.05) is 11.8 Å². The van der Waals surface area contributed by atoms with Gasteiger partial charge in [0.25, 0.3) is 0 Å². The second-order valence-electron chi connectivity index (χ2n) is 3.89. The Morgan fingerprint density at radius 1 is 1.24 bits per heavy atom. The molecule has 2 aromatic heterocycles. The maximum Gasteiger partial charge on any atom is 0.360 e. The van der Waals surface area contributed by atoms with E-state index in [0.717, 1.165) is 0 Å². The Morgan fingerprint density at radius 3 is 2.38 bits per heavy atom. The molecule has 13 heteroatoms. The zero-order chi connectivity index (χ0) is 15.8. The Kier molecular flexibility index (Phi) is 4.77. The van der Waals surface area contributed by atoms with E-state index in [2.05, 4.69) is 15.3 Å². The summed E-state index contributed by atoms with van der Waals surface area (Å²) in [6.45, 7) is 0. The van der Waals surface area contributed by atoms with Crippen LogP contribution in [0.1, 0.15) is 0 Å². The van der Waals surface area contributed by atoms with Gasteiger partial charge in [0.1, 0.15) is 10.6 Å². The molecule has 9 nitrogen and oxygen atoms in total. The van der Waals surface area contributed by atoms with Crippen LogP contribution in [0.5, 0.6) is 0 Å². The van der Waals surface area contributed by atoms with E-state index in [1.54, 1.807) is 17.7 Å². The maximum atomic E-state index is 11.3. The molecule has 0 bridgehead atoms. The van der Waals surface area contributed by atoms with Crippen molar-refractivity contribution in [3.05, 3.63) is 11.4 Å². The van der Waals surface area contributed by atoms with Crippen LogP contribution in [0.4, 0.5) is 5.82 Å². The predicted octanol–water partition coefficient (Wildman–Crippen LogP) is 1.46. The van der Waals surface area contributed by atoms with E-state index in [9.17, 15) is 9.13 Å². The van der Waals surface area contributed by atoms with Gasteiger partial charge in [-0.2, -0.15) is 0 Å². The Morgan fingerprint density at radius 2 is 1.86 bits per heavy atom.